The quantitative estimate of drug-likeness (QED) is 0.515. The molecule has 0 aromatic rings. The average molecular weight is 216 g/mol. The van der Waals surface area contributed by atoms with Crippen LogP contribution in [-0.4, -0.2) is 31.7 Å². The zero-order valence-electron chi connectivity index (χ0n) is 9.63. The molecule has 0 radical (unpaired) electrons. The van der Waals surface area contributed by atoms with Gasteiger partial charge in [-0.05, 0) is 26.7 Å². The van der Waals surface area contributed by atoms with Gasteiger partial charge < -0.3 is 15.4 Å². The molecular formula is C10H20N2O3. The lowest BCUT2D eigenvalue weighted by Gasteiger charge is -2.09. The van der Waals surface area contributed by atoms with Crippen LogP contribution in [0.5, 0.6) is 0 Å². The minimum atomic E-state index is -0.207. The molecule has 0 aliphatic heterocycles. The van der Waals surface area contributed by atoms with Gasteiger partial charge in [0.2, 0.25) is 0 Å². The number of carbonyl (C=O) groups is 2. The number of methoxy groups -OCH3 is 1. The molecule has 0 unspecified atom stereocenters. The number of carbonyl (C=O) groups excluding carboxylic acids is 2. The van der Waals surface area contributed by atoms with E-state index in [1.807, 2.05) is 13.8 Å². The van der Waals surface area contributed by atoms with Gasteiger partial charge in [0.05, 0.1) is 7.11 Å². The van der Waals surface area contributed by atoms with E-state index < -0.39 is 0 Å². The normalized spacial score (nSPS) is 9.87. The minimum Gasteiger partial charge on any atom is -0.469 e. The van der Waals surface area contributed by atoms with Crippen LogP contribution in [0.2, 0.25) is 0 Å². The van der Waals surface area contributed by atoms with Crippen molar-refractivity contribution in [2.75, 3.05) is 13.7 Å². The van der Waals surface area contributed by atoms with Crippen LogP contribution in [0.15, 0.2) is 0 Å². The Kier molecular flexibility index (Phi) is 7.40. The van der Waals surface area contributed by atoms with Crippen LogP contribution in [0.1, 0.15) is 33.1 Å². The molecule has 0 aromatic carbocycles. The molecule has 0 spiro atoms. The monoisotopic (exact) mass is 216 g/mol. The Hall–Kier alpha value is -1.26. The van der Waals surface area contributed by atoms with Gasteiger partial charge in [-0.1, -0.05) is 0 Å². The van der Waals surface area contributed by atoms with E-state index in [1.54, 1.807) is 0 Å². The van der Waals surface area contributed by atoms with Crippen molar-refractivity contribution in [2.24, 2.45) is 0 Å². The predicted molar refractivity (Wildman–Crippen MR) is 57.5 cm³/mol. The van der Waals surface area contributed by atoms with E-state index in [1.165, 1.54) is 7.11 Å². The van der Waals surface area contributed by atoms with Gasteiger partial charge in [0.25, 0.3) is 0 Å². The highest BCUT2D eigenvalue weighted by atomic mass is 16.5. The number of rotatable bonds is 6. The average Bonchev–Trinajstić information content (AvgIpc) is 2.15. The van der Waals surface area contributed by atoms with E-state index in [9.17, 15) is 9.59 Å². The molecule has 5 heteroatoms. The molecule has 0 aromatic heterocycles. The zero-order valence-corrected chi connectivity index (χ0v) is 9.63. The van der Waals surface area contributed by atoms with Crippen LogP contribution in [0.25, 0.3) is 0 Å². The third kappa shape index (κ3) is 9.05. The molecular weight excluding hydrogens is 196 g/mol. The molecule has 0 saturated heterocycles. The summed E-state index contributed by atoms with van der Waals surface area (Å²) in [5, 5.41) is 5.42. The van der Waals surface area contributed by atoms with Gasteiger partial charge in [-0.2, -0.15) is 0 Å². The van der Waals surface area contributed by atoms with E-state index in [2.05, 4.69) is 15.4 Å². The van der Waals surface area contributed by atoms with Crippen LogP contribution < -0.4 is 10.6 Å². The summed E-state index contributed by atoms with van der Waals surface area (Å²) >= 11 is 0. The molecule has 0 heterocycles. The lowest BCUT2D eigenvalue weighted by atomic mass is 10.2. The van der Waals surface area contributed by atoms with Crippen LogP contribution in [0, 0.1) is 0 Å². The number of urea groups is 1. The largest absolute Gasteiger partial charge is 0.469 e. The molecule has 0 atom stereocenters. The number of unbranched alkanes of at least 4 members (excludes halogenated alkanes) is 1. The Morgan fingerprint density at radius 3 is 2.47 bits per heavy atom. The van der Waals surface area contributed by atoms with Crippen molar-refractivity contribution in [1.29, 1.82) is 0 Å². The summed E-state index contributed by atoms with van der Waals surface area (Å²) in [5.41, 5.74) is 0. The van der Waals surface area contributed by atoms with Crippen molar-refractivity contribution in [3.05, 3.63) is 0 Å². The second kappa shape index (κ2) is 8.08. The molecule has 0 saturated carbocycles. The maximum Gasteiger partial charge on any atom is 0.314 e. The Bertz CT molecular complexity index is 205. The van der Waals surface area contributed by atoms with Crippen molar-refractivity contribution in [3.63, 3.8) is 0 Å². The molecule has 15 heavy (non-hydrogen) atoms. The first-order valence-electron chi connectivity index (χ1n) is 5.17. The van der Waals surface area contributed by atoms with Gasteiger partial charge in [0.15, 0.2) is 0 Å². The number of hydrogen-bond acceptors (Lipinski definition) is 3. The zero-order chi connectivity index (χ0) is 11.7. The first-order chi connectivity index (χ1) is 7.06. The Balaban J connectivity index is 3.31. The Morgan fingerprint density at radius 2 is 1.93 bits per heavy atom. The van der Waals surface area contributed by atoms with Gasteiger partial charge in [0, 0.05) is 19.0 Å². The van der Waals surface area contributed by atoms with Gasteiger partial charge in [-0.25, -0.2) is 4.79 Å². The number of hydrogen-bond donors (Lipinski definition) is 2. The summed E-state index contributed by atoms with van der Waals surface area (Å²) in [7, 11) is 1.37. The maximum absolute atomic E-state index is 11.1. The highest BCUT2D eigenvalue weighted by Crippen LogP contribution is 1.95. The maximum atomic E-state index is 11.1. The summed E-state index contributed by atoms with van der Waals surface area (Å²) in [4.78, 5) is 21.8. The minimum absolute atomic E-state index is 0.139. The molecule has 0 rings (SSSR count). The van der Waals surface area contributed by atoms with Crippen molar-refractivity contribution in [1.82, 2.24) is 10.6 Å². The Morgan fingerprint density at radius 1 is 1.27 bits per heavy atom. The summed E-state index contributed by atoms with van der Waals surface area (Å²) in [6, 6.07) is -0.0249. The fourth-order valence-electron chi connectivity index (χ4n) is 1.01. The SMILES string of the molecule is COC(=O)CCCCNC(=O)NC(C)C. The number of esters is 1. The van der Waals surface area contributed by atoms with Crippen LogP contribution in [-0.2, 0) is 9.53 Å². The molecule has 2 N–H and O–H groups in total. The van der Waals surface area contributed by atoms with Crippen molar-refractivity contribution in [2.45, 2.75) is 39.2 Å². The van der Waals surface area contributed by atoms with Gasteiger partial charge in [-0.15, -0.1) is 0 Å². The van der Waals surface area contributed by atoms with E-state index >= 15 is 0 Å². The first-order valence-corrected chi connectivity index (χ1v) is 5.17. The van der Waals surface area contributed by atoms with E-state index in [0.29, 0.717) is 13.0 Å². The lowest BCUT2D eigenvalue weighted by molar-refractivity contribution is -0.140. The number of amides is 2. The summed E-state index contributed by atoms with van der Waals surface area (Å²) in [6.07, 6.45) is 1.92. The van der Waals surface area contributed by atoms with Gasteiger partial charge >= 0.3 is 12.0 Å². The highest BCUT2D eigenvalue weighted by Gasteiger charge is 2.02. The summed E-state index contributed by atoms with van der Waals surface area (Å²) < 4.78 is 4.49. The van der Waals surface area contributed by atoms with Crippen LogP contribution in [0.3, 0.4) is 0 Å². The number of nitrogens with one attached hydrogen (secondary N) is 2. The standard InChI is InChI=1S/C10H20N2O3/c1-8(2)12-10(14)11-7-5-4-6-9(13)15-3/h8H,4-7H2,1-3H3,(H2,11,12,14). The molecule has 5 nitrogen and oxygen atoms in total. The van der Waals surface area contributed by atoms with Crippen molar-refractivity contribution in [3.8, 4) is 0 Å². The second-order valence-electron chi connectivity index (χ2n) is 3.59. The topological polar surface area (TPSA) is 67.4 Å². The Labute approximate surface area is 90.6 Å². The van der Waals surface area contributed by atoms with Gasteiger partial charge in [-0.3, -0.25) is 4.79 Å². The van der Waals surface area contributed by atoms with Crippen LogP contribution in [0.4, 0.5) is 4.79 Å². The molecule has 0 aliphatic rings. The summed E-state index contributed by atoms with van der Waals surface area (Å²) in [6.45, 7) is 4.38. The van der Waals surface area contributed by atoms with Gasteiger partial charge in [0.1, 0.15) is 0 Å². The molecule has 0 fully saturated rings. The highest BCUT2D eigenvalue weighted by molar-refractivity contribution is 5.74. The molecule has 0 aliphatic carbocycles. The smallest absolute Gasteiger partial charge is 0.314 e. The fourth-order valence-corrected chi connectivity index (χ4v) is 1.01. The third-order valence-electron chi connectivity index (χ3n) is 1.74. The van der Waals surface area contributed by atoms with E-state index in [-0.39, 0.29) is 18.0 Å². The first kappa shape index (κ1) is 13.7. The summed E-state index contributed by atoms with van der Waals surface area (Å²) in [5.74, 6) is -0.207. The molecule has 2 amide bonds. The number of ether oxygens (including phenoxy) is 1. The second-order valence-corrected chi connectivity index (χ2v) is 3.59. The molecule has 0 bridgehead atoms. The van der Waals surface area contributed by atoms with Crippen molar-refractivity contribution >= 4 is 12.0 Å². The fraction of sp³-hybridized carbons (Fsp3) is 0.800. The van der Waals surface area contributed by atoms with E-state index in [4.69, 9.17) is 0 Å². The predicted octanol–water partition coefficient (Wildman–Crippen LogP) is 1.04. The van der Waals surface area contributed by atoms with Crippen LogP contribution >= 0.6 is 0 Å². The van der Waals surface area contributed by atoms with E-state index in [0.717, 1.165) is 12.8 Å². The lowest BCUT2D eigenvalue weighted by Crippen LogP contribution is -2.39. The van der Waals surface area contributed by atoms with Crippen molar-refractivity contribution < 1.29 is 14.3 Å². The molecule has 88 valence electrons. The third-order valence-corrected chi connectivity index (χ3v) is 1.74.